The molecule has 0 spiro atoms. The number of benzene rings is 2. The van der Waals surface area contributed by atoms with Crippen LogP contribution in [0.4, 0.5) is 0 Å². The van der Waals surface area contributed by atoms with Crippen molar-refractivity contribution < 1.29 is 5.11 Å². The molecule has 0 aliphatic heterocycles. The van der Waals surface area contributed by atoms with Gasteiger partial charge in [-0.15, -0.1) is 0 Å². The van der Waals surface area contributed by atoms with E-state index in [0.29, 0.717) is 11.6 Å². The highest BCUT2D eigenvalue weighted by atomic mass is 35.5. The van der Waals surface area contributed by atoms with Crippen molar-refractivity contribution in [1.82, 2.24) is 0 Å². The van der Waals surface area contributed by atoms with E-state index in [4.69, 9.17) is 17.3 Å². The van der Waals surface area contributed by atoms with Crippen LogP contribution in [0.25, 0.3) is 10.8 Å². The van der Waals surface area contributed by atoms with Gasteiger partial charge in [-0.05, 0) is 23.8 Å². The third kappa shape index (κ3) is 1.43. The van der Waals surface area contributed by atoms with Gasteiger partial charge in [0.25, 0.3) is 0 Å². The molecule has 3 N–H and O–H groups in total. The molecule has 0 unspecified atom stereocenters. The van der Waals surface area contributed by atoms with Crippen molar-refractivity contribution in [2.45, 2.75) is 6.54 Å². The Morgan fingerprint density at radius 3 is 2.71 bits per heavy atom. The number of phenolic OH excluding ortho intramolecular Hbond substituents is 1. The molecule has 2 aromatic rings. The number of hydrogen-bond acceptors (Lipinski definition) is 2. The number of halogens is 1. The topological polar surface area (TPSA) is 46.2 Å². The molecule has 2 rings (SSSR count). The van der Waals surface area contributed by atoms with Gasteiger partial charge in [0.2, 0.25) is 0 Å². The molecule has 0 heterocycles. The van der Waals surface area contributed by atoms with Gasteiger partial charge in [0.05, 0.1) is 0 Å². The van der Waals surface area contributed by atoms with E-state index >= 15 is 0 Å². The second-order valence-corrected chi connectivity index (χ2v) is 3.56. The zero-order valence-electron chi connectivity index (χ0n) is 7.50. The number of nitrogens with two attached hydrogens (primary N) is 1. The van der Waals surface area contributed by atoms with Gasteiger partial charge in [0.1, 0.15) is 5.75 Å². The number of aromatic hydroxyl groups is 1. The van der Waals surface area contributed by atoms with Crippen molar-refractivity contribution in [3.05, 3.63) is 40.9 Å². The fourth-order valence-corrected chi connectivity index (χ4v) is 1.73. The molecule has 0 radical (unpaired) electrons. The van der Waals surface area contributed by atoms with Crippen LogP contribution in [0.15, 0.2) is 30.3 Å². The van der Waals surface area contributed by atoms with E-state index < -0.39 is 0 Å². The van der Waals surface area contributed by atoms with Gasteiger partial charge in [0.15, 0.2) is 0 Å². The molecule has 0 aliphatic rings. The molecule has 72 valence electrons. The van der Waals surface area contributed by atoms with Crippen molar-refractivity contribution in [2.24, 2.45) is 5.73 Å². The Morgan fingerprint density at radius 1 is 1.21 bits per heavy atom. The first-order chi connectivity index (χ1) is 6.72. The van der Waals surface area contributed by atoms with Crippen molar-refractivity contribution in [1.29, 1.82) is 0 Å². The summed E-state index contributed by atoms with van der Waals surface area (Å²) >= 11 is 6.01. The SMILES string of the molecule is NCc1cc(O)c2cccc(Cl)c2c1. The van der Waals surface area contributed by atoms with Crippen molar-refractivity contribution >= 4 is 22.4 Å². The summed E-state index contributed by atoms with van der Waals surface area (Å²) in [5, 5.41) is 11.9. The van der Waals surface area contributed by atoms with E-state index in [9.17, 15) is 5.11 Å². The first-order valence-corrected chi connectivity index (χ1v) is 4.70. The Kier molecular flexibility index (Phi) is 2.32. The van der Waals surface area contributed by atoms with Crippen LogP contribution in [-0.4, -0.2) is 5.11 Å². The molecule has 0 atom stereocenters. The van der Waals surface area contributed by atoms with Crippen LogP contribution in [0, 0.1) is 0 Å². The summed E-state index contributed by atoms with van der Waals surface area (Å²) < 4.78 is 0. The lowest BCUT2D eigenvalue weighted by Gasteiger charge is -2.05. The normalized spacial score (nSPS) is 10.7. The second-order valence-electron chi connectivity index (χ2n) is 3.15. The second kappa shape index (κ2) is 3.48. The van der Waals surface area contributed by atoms with Crippen LogP contribution < -0.4 is 5.73 Å². The lowest BCUT2D eigenvalue weighted by atomic mass is 10.1. The number of hydrogen-bond donors (Lipinski definition) is 2. The molecule has 3 heteroatoms. The summed E-state index contributed by atoms with van der Waals surface area (Å²) in [6, 6.07) is 9.00. The first-order valence-electron chi connectivity index (χ1n) is 4.32. The summed E-state index contributed by atoms with van der Waals surface area (Å²) in [4.78, 5) is 0. The van der Waals surface area contributed by atoms with E-state index in [1.807, 2.05) is 18.2 Å². The summed E-state index contributed by atoms with van der Waals surface area (Å²) in [6.45, 7) is 0.398. The number of fused-ring (bicyclic) bond motifs is 1. The van der Waals surface area contributed by atoms with Gasteiger partial charge < -0.3 is 10.8 Å². The largest absolute Gasteiger partial charge is 0.507 e. The lowest BCUT2D eigenvalue weighted by Crippen LogP contribution is -1.95. The van der Waals surface area contributed by atoms with E-state index in [2.05, 4.69) is 0 Å². The van der Waals surface area contributed by atoms with Gasteiger partial charge >= 0.3 is 0 Å². The van der Waals surface area contributed by atoms with Crippen LogP contribution in [-0.2, 0) is 6.54 Å². The highest BCUT2D eigenvalue weighted by molar-refractivity contribution is 6.35. The first kappa shape index (κ1) is 9.31. The summed E-state index contributed by atoms with van der Waals surface area (Å²) in [5.74, 6) is 0.227. The van der Waals surface area contributed by atoms with Gasteiger partial charge in [-0.2, -0.15) is 0 Å². The average molecular weight is 208 g/mol. The van der Waals surface area contributed by atoms with Crippen molar-refractivity contribution in [3.63, 3.8) is 0 Å². The molecule has 2 nitrogen and oxygen atoms in total. The fraction of sp³-hybridized carbons (Fsp3) is 0.0909. The maximum absolute atomic E-state index is 9.69. The Morgan fingerprint density at radius 2 is 2.00 bits per heavy atom. The molecule has 0 aliphatic carbocycles. The minimum absolute atomic E-state index is 0.227. The van der Waals surface area contributed by atoms with Gasteiger partial charge in [-0.25, -0.2) is 0 Å². The Hall–Kier alpha value is -1.25. The minimum Gasteiger partial charge on any atom is -0.507 e. The predicted molar refractivity (Wildman–Crippen MR) is 58.5 cm³/mol. The summed E-state index contributed by atoms with van der Waals surface area (Å²) in [6.07, 6.45) is 0. The van der Waals surface area contributed by atoms with E-state index in [-0.39, 0.29) is 5.75 Å². The lowest BCUT2D eigenvalue weighted by molar-refractivity contribution is 0.481. The van der Waals surface area contributed by atoms with Crippen LogP contribution >= 0.6 is 11.6 Å². The molecular weight excluding hydrogens is 198 g/mol. The Bertz CT molecular complexity index is 482. The Balaban J connectivity index is 2.83. The van der Waals surface area contributed by atoms with E-state index in [0.717, 1.165) is 16.3 Å². The summed E-state index contributed by atoms with van der Waals surface area (Å²) in [5.41, 5.74) is 6.38. The molecule has 0 saturated heterocycles. The number of rotatable bonds is 1. The number of phenols is 1. The van der Waals surface area contributed by atoms with Gasteiger partial charge in [0, 0.05) is 22.3 Å². The monoisotopic (exact) mass is 207 g/mol. The molecule has 0 saturated carbocycles. The zero-order valence-corrected chi connectivity index (χ0v) is 8.25. The van der Waals surface area contributed by atoms with E-state index in [1.165, 1.54) is 0 Å². The standard InChI is InChI=1S/C11H10ClNO/c12-10-3-1-2-8-9(10)4-7(6-13)5-11(8)14/h1-5,14H,6,13H2. The molecule has 14 heavy (non-hydrogen) atoms. The van der Waals surface area contributed by atoms with Crippen LogP contribution in [0.3, 0.4) is 0 Å². The quantitative estimate of drug-likeness (QED) is 0.755. The maximum atomic E-state index is 9.69. The molecule has 2 aromatic carbocycles. The van der Waals surface area contributed by atoms with E-state index in [1.54, 1.807) is 12.1 Å². The molecular formula is C11H10ClNO. The fourth-order valence-electron chi connectivity index (χ4n) is 1.51. The van der Waals surface area contributed by atoms with Crippen LogP contribution in [0.5, 0.6) is 5.75 Å². The van der Waals surface area contributed by atoms with Gasteiger partial charge in [-0.1, -0.05) is 23.7 Å². The average Bonchev–Trinajstić information content (AvgIpc) is 2.19. The minimum atomic E-state index is 0.227. The van der Waals surface area contributed by atoms with Crippen LogP contribution in [0.1, 0.15) is 5.56 Å². The molecule has 0 aromatic heterocycles. The molecule has 0 bridgehead atoms. The summed E-state index contributed by atoms with van der Waals surface area (Å²) in [7, 11) is 0. The van der Waals surface area contributed by atoms with Gasteiger partial charge in [-0.3, -0.25) is 0 Å². The highest BCUT2D eigenvalue weighted by Gasteiger charge is 2.04. The molecule has 0 fully saturated rings. The van der Waals surface area contributed by atoms with Crippen LogP contribution in [0.2, 0.25) is 5.02 Å². The van der Waals surface area contributed by atoms with Crippen molar-refractivity contribution in [3.8, 4) is 5.75 Å². The third-order valence-electron chi connectivity index (χ3n) is 2.22. The maximum Gasteiger partial charge on any atom is 0.123 e. The Labute approximate surface area is 86.9 Å². The van der Waals surface area contributed by atoms with Crippen molar-refractivity contribution in [2.75, 3.05) is 0 Å². The highest BCUT2D eigenvalue weighted by Crippen LogP contribution is 2.31. The zero-order chi connectivity index (χ0) is 10.1. The predicted octanol–water partition coefficient (Wildman–Crippen LogP) is 2.66. The smallest absolute Gasteiger partial charge is 0.123 e. The third-order valence-corrected chi connectivity index (χ3v) is 2.55. The molecule has 0 amide bonds.